The van der Waals surface area contributed by atoms with E-state index in [-0.39, 0.29) is 5.91 Å². The molecule has 0 aromatic carbocycles. The van der Waals surface area contributed by atoms with Crippen LogP contribution in [0.15, 0.2) is 0 Å². The Balaban J connectivity index is 4.84. The highest BCUT2D eigenvalue weighted by molar-refractivity contribution is 5.86. The fourth-order valence-corrected chi connectivity index (χ4v) is 1.99. The second kappa shape index (κ2) is 7.00. The van der Waals surface area contributed by atoms with Crippen molar-refractivity contribution in [3.05, 3.63) is 0 Å². The monoisotopic (exact) mass is 242 g/mol. The molecule has 0 fully saturated rings. The van der Waals surface area contributed by atoms with Crippen LogP contribution in [0.25, 0.3) is 0 Å². The second-order valence-electron chi connectivity index (χ2n) is 5.86. The fraction of sp³-hybridized carbons (Fsp3) is 0.929. The van der Waals surface area contributed by atoms with Crippen LogP contribution in [0, 0.1) is 11.8 Å². The van der Waals surface area contributed by atoms with Crippen molar-refractivity contribution in [1.82, 2.24) is 4.90 Å². The third-order valence-corrected chi connectivity index (χ3v) is 3.15. The van der Waals surface area contributed by atoms with E-state index in [9.17, 15) is 4.79 Å². The number of nitrogens with two attached hydrogens (primary N) is 1. The van der Waals surface area contributed by atoms with Gasteiger partial charge in [0.15, 0.2) is 0 Å². The fourth-order valence-electron chi connectivity index (χ4n) is 1.99. The Hall–Kier alpha value is -0.570. The van der Waals surface area contributed by atoms with Crippen molar-refractivity contribution in [2.45, 2.75) is 59.9 Å². The average molecular weight is 242 g/mol. The maximum absolute atomic E-state index is 12.5. The molecule has 0 aliphatic rings. The Morgan fingerprint density at radius 1 is 1.06 bits per heavy atom. The number of hydrogen-bond donors (Lipinski definition) is 1. The minimum absolute atomic E-state index is 0.116. The Bertz CT molecular complexity index is 222. The molecule has 0 aliphatic heterocycles. The molecule has 3 heteroatoms. The molecule has 0 aromatic rings. The van der Waals surface area contributed by atoms with Crippen LogP contribution in [0.2, 0.25) is 0 Å². The summed E-state index contributed by atoms with van der Waals surface area (Å²) < 4.78 is 0. The van der Waals surface area contributed by atoms with Crippen LogP contribution in [-0.2, 0) is 4.79 Å². The molecule has 0 unspecified atom stereocenters. The summed E-state index contributed by atoms with van der Waals surface area (Å²) in [5.41, 5.74) is 5.52. The molecule has 0 bridgehead atoms. The van der Waals surface area contributed by atoms with Gasteiger partial charge < -0.3 is 10.6 Å². The number of carbonyl (C=O) groups is 1. The summed E-state index contributed by atoms with van der Waals surface area (Å²) in [4.78, 5) is 14.4. The van der Waals surface area contributed by atoms with E-state index in [2.05, 4.69) is 27.7 Å². The number of amides is 1. The quantitative estimate of drug-likeness (QED) is 0.746. The van der Waals surface area contributed by atoms with E-state index >= 15 is 0 Å². The highest BCUT2D eigenvalue weighted by Gasteiger charge is 2.34. The largest absolute Gasteiger partial charge is 0.341 e. The maximum Gasteiger partial charge on any atom is 0.242 e. The molecule has 0 spiro atoms. The van der Waals surface area contributed by atoms with Crippen molar-refractivity contribution in [2.24, 2.45) is 17.6 Å². The van der Waals surface area contributed by atoms with Crippen molar-refractivity contribution in [3.8, 4) is 0 Å². The molecule has 0 atom stereocenters. The van der Waals surface area contributed by atoms with E-state index in [4.69, 9.17) is 5.73 Å². The summed E-state index contributed by atoms with van der Waals surface area (Å²) in [6.07, 6.45) is 1.41. The molecule has 0 saturated heterocycles. The van der Waals surface area contributed by atoms with E-state index in [1.54, 1.807) is 0 Å². The molecular weight excluding hydrogens is 212 g/mol. The summed E-state index contributed by atoms with van der Waals surface area (Å²) in [6, 6.07) is 0. The average Bonchev–Trinajstić information content (AvgIpc) is 2.24. The van der Waals surface area contributed by atoms with Crippen molar-refractivity contribution >= 4 is 5.91 Å². The van der Waals surface area contributed by atoms with Crippen LogP contribution < -0.4 is 5.73 Å². The van der Waals surface area contributed by atoms with Crippen molar-refractivity contribution < 1.29 is 4.79 Å². The summed E-state index contributed by atoms with van der Waals surface area (Å²) in [5, 5.41) is 0. The third-order valence-electron chi connectivity index (χ3n) is 3.15. The Morgan fingerprint density at radius 3 is 1.65 bits per heavy atom. The van der Waals surface area contributed by atoms with Gasteiger partial charge in [-0.05, 0) is 24.7 Å². The van der Waals surface area contributed by atoms with Crippen molar-refractivity contribution in [3.63, 3.8) is 0 Å². The first-order chi connectivity index (χ1) is 7.76. The van der Waals surface area contributed by atoms with E-state index in [1.807, 2.05) is 18.7 Å². The number of hydrogen-bond acceptors (Lipinski definition) is 2. The number of nitrogens with zero attached hydrogens (tertiary/aromatic N) is 1. The highest BCUT2D eigenvalue weighted by Crippen LogP contribution is 2.17. The summed E-state index contributed by atoms with van der Waals surface area (Å²) in [6.45, 7) is 14.1. The zero-order valence-electron chi connectivity index (χ0n) is 12.4. The summed E-state index contributed by atoms with van der Waals surface area (Å²) >= 11 is 0. The lowest BCUT2D eigenvalue weighted by Gasteiger charge is -2.35. The van der Waals surface area contributed by atoms with Gasteiger partial charge in [-0.1, -0.05) is 41.5 Å². The first-order valence-corrected chi connectivity index (χ1v) is 6.85. The predicted molar refractivity (Wildman–Crippen MR) is 73.8 cm³/mol. The van der Waals surface area contributed by atoms with Gasteiger partial charge in [0.1, 0.15) is 0 Å². The molecule has 17 heavy (non-hydrogen) atoms. The molecule has 3 nitrogen and oxygen atoms in total. The lowest BCUT2D eigenvalue weighted by Crippen LogP contribution is -2.56. The molecule has 0 aromatic heterocycles. The van der Waals surface area contributed by atoms with E-state index in [0.717, 1.165) is 13.1 Å². The Kier molecular flexibility index (Phi) is 6.76. The SMILES string of the molecule is CCC(N)(CC)C(=O)N(CC(C)C)CC(C)C. The van der Waals surface area contributed by atoms with Gasteiger partial charge >= 0.3 is 0 Å². The van der Waals surface area contributed by atoms with Gasteiger partial charge in [-0.2, -0.15) is 0 Å². The summed E-state index contributed by atoms with van der Waals surface area (Å²) in [7, 11) is 0. The van der Waals surface area contributed by atoms with Gasteiger partial charge in [0.05, 0.1) is 5.54 Å². The highest BCUT2D eigenvalue weighted by atomic mass is 16.2. The molecule has 0 rings (SSSR count). The Labute approximate surface area is 107 Å². The van der Waals surface area contributed by atoms with Gasteiger partial charge in [-0.15, -0.1) is 0 Å². The molecule has 102 valence electrons. The Morgan fingerprint density at radius 2 is 1.41 bits per heavy atom. The van der Waals surface area contributed by atoms with Crippen LogP contribution in [0.3, 0.4) is 0 Å². The van der Waals surface area contributed by atoms with E-state index in [1.165, 1.54) is 0 Å². The predicted octanol–water partition coefficient (Wildman–Crippen LogP) is 2.64. The van der Waals surface area contributed by atoms with Crippen LogP contribution in [0.4, 0.5) is 0 Å². The van der Waals surface area contributed by atoms with Crippen LogP contribution in [0.5, 0.6) is 0 Å². The third kappa shape index (κ3) is 5.07. The van der Waals surface area contributed by atoms with E-state index in [0.29, 0.717) is 24.7 Å². The lowest BCUT2D eigenvalue weighted by atomic mass is 9.91. The van der Waals surface area contributed by atoms with Crippen LogP contribution in [0.1, 0.15) is 54.4 Å². The smallest absolute Gasteiger partial charge is 0.242 e. The normalized spacial score (nSPS) is 12.3. The minimum Gasteiger partial charge on any atom is -0.341 e. The first kappa shape index (κ1) is 16.4. The lowest BCUT2D eigenvalue weighted by molar-refractivity contribution is -0.138. The number of rotatable bonds is 7. The zero-order valence-corrected chi connectivity index (χ0v) is 12.4. The van der Waals surface area contributed by atoms with Gasteiger partial charge in [-0.25, -0.2) is 0 Å². The second-order valence-corrected chi connectivity index (χ2v) is 5.86. The molecule has 0 heterocycles. The number of carbonyl (C=O) groups excluding carboxylic acids is 1. The zero-order chi connectivity index (χ0) is 13.6. The molecule has 2 N–H and O–H groups in total. The standard InChI is InChI=1S/C14H30N2O/c1-7-14(15,8-2)13(17)16(9-11(3)4)10-12(5)6/h11-12H,7-10,15H2,1-6H3. The minimum atomic E-state index is -0.677. The van der Waals surface area contributed by atoms with Crippen LogP contribution in [-0.4, -0.2) is 29.4 Å². The molecule has 0 aliphatic carbocycles. The molecule has 0 radical (unpaired) electrons. The van der Waals surface area contributed by atoms with Gasteiger partial charge in [-0.3, -0.25) is 4.79 Å². The van der Waals surface area contributed by atoms with Crippen LogP contribution >= 0.6 is 0 Å². The van der Waals surface area contributed by atoms with E-state index < -0.39 is 5.54 Å². The molecule has 0 saturated carbocycles. The van der Waals surface area contributed by atoms with Crippen molar-refractivity contribution in [2.75, 3.05) is 13.1 Å². The molecular formula is C14H30N2O. The first-order valence-electron chi connectivity index (χ1n) is 6.85. The topological polar surface area (TPSA) is 46.3 Å². The van der Waals surface area contributed by atoms with Gasteiger partial charge in [0, 0.05) is 13.1 Å². The van der Waals surface area contributed by atoms with Crippen molar-refractivity contribution in [1.29, 1.82) is 0 Å². The molecule has 1 amide bonds. The van der Waals surface area contributed by atoms with Gasteiger partial charge in [0.25, 0.3) is 0 Å². The van der Waals surface area contributed by atoms with Gasteiger partial charge in [0.2, 0.25) is 5.91 Å². The summed E-state index contributed by atoms with van der Waals surface area (Å²) in [5.74, 6) is 1.08. The maximum atomic E-state index is 12.5.